The summed E-state index contributed by atoms with van der Waals surface area (Å²) in [4.78, 5) is 72.8. The van der Waals surface area contributed by atoms with E-state index in [0.717, 1.165) is 71.1 Å². The number of likely N-dealkylation sites (tertiary alicyclic amines) is 2. The van der Waals surface area contributed by atoms with Gasteiger partial charge in [-0.25, -0.2) is 0 Å². The van der Waals surface area contributed by atoms with Gasteiger partial charge in [0.2, 0.25) is 11.8 Å². The molecule has 270 valence electrons. The molecule has 4 amide bonds. The van der Waals surface area contributed by atoms with Gasteiger partial charge in [0, 0.05) is 74.8 Å². The van der Waals surface area contributed by atoms with Crippen LogP contribution in [0.4, 0.5) is 0 Å². The van der Waals surface area contributed by atoms with Crippen LogP contribution in [0, 0.1) is 17.3 Å². The Morgan fingerprint density at radius 2 is 1.64 bits per heavy atom. The number of carbonyl (C=O) groups excluding carboxylic acids is 4. The summed E-state index contributed by atoms with van der Waals surface area (Å²) in [5, 5.41) is 3.58. The van der Waals surface area contributed by atoms with E-state index in [-0.39, 0.29) is 34.9 Å². The zero-order chi connectivity index (χ0) is 37.0. The quantitative estimate of drug-likeness (QED) is 0.224. The van der Waals surface area contributed by atoms with Gasteiger partial charge >= 0.3 is 0 Å². The number of pyridine rings is 2. The third-order valence-corrected chi connectivity index (χ3v) is 10.9. The van der Waals surface area contributed by atoms with E-state index in [2.05, 4.69) is 31.9 Å². The summed E-state index contributed by atoms with van der Waals surface area (Å²) >= 11 is 0. The second-order valence-corrected chi connectivity index (χ2v) is 14.4. The molecule has 4 aliphatic heterocycles. The van der Waals surface area contributed by atoms with Gasteiger partial charge in [0.15, 0.2) is 0 Å². The first kappa shape index (κ1) is 34.3. The van der Waals surface area contributed by atoms with E-state index in [4.69, 9.17) is 9.47 Å². The summed E-state index contributed by atoms with van der Waals surface area (Å²) in [6.07, 6.45) is 6.38. The van der Waals surface area contributed by atoms with Crippen molar-refractivity contribution in [1.29, 1.82) is 0 Å². The highest BCUT2D eigenvalue weighted by atomic mass is 16.5. The lowest BCUT2D eigenvalue weighted by Crippen LogP contribution is -2.56. The van der Waals surface area contributed by atoms with Crippen molar-refractivity contribution in [2.24, 2.45) is 12.5 Å². The van der Waals surface area contributed by atoms with E-state index in [1.807, 2.05) is 24.4 Å². The number of imide groups is 2. The minimum absolute atomic E-state index is 0.0743. The third kappa shape index (κ3) is 6.03. The van der Waals surface area contributed by atoms with Crippen LogP contribution >= 0.6 is 0 Å². The Hall–Kier alpha value is -5.84. The van der Waals surface area contributed by atoms with Gasteiger partial charge in [-0.3, -0.25) is 49.0 Å². The summed E-state index contributed by atoms with van der Waals surface area (Å²) in [7, 11) is 5.06. The Morgan fingerprint density at radius 1 is 0.906 bits per heavy atom. The van der Waals surface area contributed by atoms with Gasteiger partial charge in [0.05, 0.1) is 42.8 Å². The van der Waals surface area contributed by atoms with Crippen LogP contribution in [0.1, 0.15) is 51.1 Å². The molecule has 8 rings (SSSR count). The summed E-state index contributed by atoms with van der Waals surface area (Å²) in [5.41, 5.74) is 3.91. The molecular weight excluding hydrogens is 676 g/mol. The molecule has 1 N–H and O–H groups in total. The Kier molecular flexibility index (Phi) is 8.59. The number of fused-ring (bicyclic) bond motifs is 2. The van der Waals surface area contributed by atoms with Crippen LogP contribution in [0.5, 0.6) is 11.5 Å². The average Bonchev–Trinajstić information content (AvgIpc) is 3.67. The monoisotopic (exact) mass is 714 g/mol. The SMILES string of the molecule is COc1cc(-c2cn(C)c(=O)c3cnccc23)cc(OC)c1CN1CC2(CCN(CC#Cc3ccc4c(c3)C(=O)N(C3CCC(=O)NC3=O)C4=O)C2)C1. The molecule has 1 atom stereocenters. The zero-order valence-electron chi connectivity index (χ0n) is 29.7. The number of aryl methyl sites for hydroxylation is 1. The molecule has 53 heavy (non-hydrogen) atoms. The van der Waals surface area contributed by atoms with Crippen LogP contribution in [0.25, 0.3) is 21.9 Å². The van der Waals surface area contributed by atoms with E-state index in [1.54, 1.807) is 56.4 Å². The number of amides is 4. The van der Waals surface area contributed by atoms with Crippen molar-refractivity contribution in [2.75, 3.05) is 46.9 Å². The van der Waals surface area contributed by atoms with Crippen molar-refractivity contribution in [3.63, 3.8) is 0 Å². The number of aromatic nitrogens is 2. The lowest BCUT2D eigenvalue weighted by molar-refractivity contribution is -0.136. The lowest BCUT2D eigenvalue weighted by atomic mass is 9.79. The molecule has 0 radical (unpaired) electrons. The number of methoxy groups -OCH3 is 2. The van der Waals surface area contributed by atoms with Crippen molar-refractivity contribution in [3.05, 3.63) is 87.6 Å². The normalized spacial score (nSPS) is 19.6. The maximum Gasteiger partial charge on any atom is 0.262 e. The van der Waals surface area contributed by atoms with Crippen LogP contribution in [0.3, 0.4) is 0 Å². The van der Waals surface area contributed by atoms with Gasteiger partial charge < -0.3 is 14.0 Å². The number of rotatable bonds is 7. The number of hydrogen-bond donors (Lipinski definition) is 1. The predicted octanol–water partition coefficient (Wildman–Crippen LogP) is 2.58. The van der Waals surface area contributed by atoms with Crippen molar-refractivity contribution < 1.29 is 28.7 Å². The number of benzene rings is 2. The van der Waals surface area contributed by atoms with Crippen molar-refractivity contribution >= 4 is 34.4 Å². The highest BCUT2D eigenvalue weighted by Gasteiger charge is 2.48. The van der Waals surface area contributed by atoms with Gasteiger partial charge in [-0.05, 0) is 66.7 Å². The molecule has 4 aromatic rings. The molecule has 3 saturated heterocycles. The van der Waals surface area contributed by atoms with Crippen LogP contribution in [0.15, 0.2) is 59.8 Å². The molecule has 6 heterocycles. The molecule has 2 aromatic heterocycles. The Morgan fingerprint density at radius 3 is 2.38 bits per heavy atom. The molecule has 0 saturated carbocycles. The molecule has 13 heteroatoms. The fraction of sp³-hybridized carbons (Fsp3) is 0.350. The first-order valence-corrected chi connectivity index (χ1v) is 17.6. The van der Waals surface area contributed by atoms with Crippen LogP contribution in [0.2, 0.25) is 0 Å². The molecule has 0 bridgehead atoms. The molecule has 2 aromatic carbocycles. The minimum Gasteiger partial charge on any atom is -0.496 e. The molecule has 0 aliphatic carbocycles. The molecule has 1 unspecified atom stereocenters. The summed E-state index contributed by atoms with van der Waals surface area (Å²) < 4.78 is 13.4. The molecule has 1 spiro atoms. The zero-order valence-corrected chi connectivity index (χ0v) is 29.7. The molecule has 3 fully saturated rings. The predicted molar refractivity (Wildman–Crippen MR) is 194 cm³/mol. The maximum atomic E-state index is 13.2. The van der Waals surface area contributed by atoms with E-state index in [0.29, 0.717) is 24.0 Å². The second-order valence-electron chi connectivity index (χ2n) is 14.4. The standard InChI is InChI=1S/C40H38N6O7/c1-43-19-30(26-10-12-41-18-29(26)37(43)49)25-16-33(52-2)31(34(17-25)53-3)20-45-22-40(23-45)11-14-44(21-40)13-4-5-24-6-7-27-28(15-24)39(51)46(38(27)50)32-8-9-35(47)42-36(32)48/h6-7,10,12,15-19,32H,8-9,11,13-14,20-23H2,1-3H3,(H,42,47,48). The second kappa shape index (κ2) is 13.3. The number of hydrogen-bond acceptors (Lipinski definition) is 10. The third-order valence-electron chi connectivity index (χ3n) is 10.9. The van der Waals surface area contributed by atoms with Gasteiger partial charge in [0.1, 0.15) is 17.5 Å². The maximum absolute atomic E-state index is 13.2. The van der Waals surface area contributed by atoms with E-state index in [9.17, 15) is 24.0 Å². The number of piperidine rings is 1. The van der Waals surface area contributed by atoms with E-state index >= 15 is 0 Å². The molecular formula is C40H38N6O7. The highest BCUT2D eigenvalue weighted by molar-refractivity contribution is 6.23. The van der Waals surface area contributed by atoms with Gasteiger partial charge in [-0.15, -0.1) is 0 Å². The topological polar surface area (TPSA) is 143 Å². The van der Waals surface area contributed by atoms with Crippen molar-refractivity contribution in [1.82, 2.24) is 29.6 Å². The first-order chi connectivity index (χ1) is 25.6. The summed E-state index contributed by atoms with van der Waals surface area (Å²) in [6, 6.07) is 9.78. The number of nitrogens with zero attached hydrogens (tertiary/aromatic N) is 5. The van der Waals surface area contributed by atoms with Gasteiger partial charge in [0.25, 0.3) is 17.4 Å². The molecule has 4 aliphatic rings. The Labute approximate surface area is 305 Å². The fourth-order valence-electron chi connectivity index (χ4n) is 8.30. The number of ether oxygens (including phenoxy) is 2. The van der Waals surface area contributed by atoms with Gasteiger partial charge in [-0.1, -0.05) is 11.8 Å². The largest absolute Gasteiger partial charge is 0.496 e. The van der Waals surface area contributed by atoms with Crippen LogP contribution in [-0.4, -0.2) is 101 Å². The van der Waals surface area contributed by atoms with Crippen molar-refractivity contribution in [3.8, 4) is 34.5 Å². The Bertz CT molecular complexity index is 2330. The van der Waals surface area contributed by atoms with E-state index in [1.165, 1.54) is 0 Å². The van der Waals surface area contributed by atoms with Gasteiger partial charge in [-0.2, -0.15) is 0 Å². The average molecular weight is 715 g/mol. The fourth-order valence-corrected chi connectivity index (χ4v) is 8.30. The first-order valence-electron chi connectivity index (χ1n) is 17.6. The van der Waals surface area contributed by atoms with Crippen LogP contribution < -0.4 is 20.3 Å². The smallest absolute Gasteiger partial charge is 0.262 e. The van der Waals surface area contributed by atoms with Crippen LogP contribution in [-0.2, 0) is 23.2 Å². The number of carbonyl (C=O) groups is 4. The summed E-state index contributed by atoms with van der Waals surface area (Å²) in [5.74, 6) is 5.74. The van der Waals surface area contributed by atoms with Crippen molar-refractivity contribution in [2.45, 2.75) is 31.8 Å². The number of nitrogens with one attached hydrogen (secondary N) is 1. The summed E-state index contributed by atoms with van der Waals surface area (Å²) in [6.45, 7) is 4.99. The molecule has 13 nitrogen and oxygen atoms in total. The minimum atomic E-state index is -0.998. The lowest BCUT2D eigenvalue weighted by Gasteiger charge is -2.48. The van der Waals surface area contributed by atoms with E-state index < -0.39 is 29.7 Å². The highest BCUT2D eigenvalue weighted by Crippen LogP contribution is 2.43. The Balaban J connectivity index is 0.905.